The quantitative estimate of drug-likeness (QED) is 0.610. The van der Waals surface area contributed by atoms with Crippen molar-refractivity contribution < 1.29 is 24.5 Å². The van der Waals surface area contributed by atoms with E-state index in [1.54, 1.807) is 7.11 Å². The summed E-state index contributed by atoms with van der Waals surface area (Å²) in [5.74, 6) is 0.708. The highest BCUT2D eigenvalue weighted by Gasteiger charge is 2.46. The lowest BCUT2D eigenvalue weighted by Crippen LogP contribution is -2.57. The number of piperazine rings is 1. The molecule has 2 heterocycles. The van der Waals surface area contributed by atoms with Crippen LogP contribution in [0.4, 0.5) is 5.69 Å². The Morgan fingerprint density at radius 1 is 1.26 bits per heavy atom. The van der Waals surface area contributed by atoms with E-state index in [1.165, 1.54) is 6.92 Å². The van der Waals surface area contributed by atoms with Crippen molar-refractivity contribution >= 4 is 11.6 Å². The van der Waals surface area contributed by atoms with Crippen molar-refractivity contribution in [3.63, 3.8) is 0 Å². The number of methoxy groups -OCH3 is 1. The maximum atomic E-state index is 11.3. The topological polar surface area (TPSA) is 94.5 Å². The zero-order chi connectivity index (χ0) is 19.4. The van der Waals surface area contributed by atoms with E-state index in [-0.39, 0.29) is 24.7 Å². The van der Waals surface area contributed by atoms with Crippen LogP contribution in [0, 0.1) is 0 Å². The summed E-state index contributed by atoms with van der Waals surface area (Å²) in [6.07, 6.45) is -1.76. The van der Waals surface area contributed by atoms with Crippen molar-refractivity contribution in [1.82, 2.24) is 10.2 Å². The van der Waals surface area contributed by atoms with Gasteiger partial charge in [-0.1, -0.05) is 12.1 Å². The van der Waals surface area contributed by atoms with Crippen molar-refractivity contribution in [2.75, 3.05) is 51.3 Å². The van der Waals surface area contributed by atoms with Crippen LogP contribution in [0.3, 0.4) is 0 Å². The summed E-state index contributed by atoms with van der Waals surface area (Å²) in [4.78, 5) is 15.7. The molecule has 2 fully saturated rings. The summed E-state index contributed by atoms with van der Waals surface area (Å²) >= 11 is 0. The average Bonchev–Trinajstić information content (AvgIpc) is 3.02. The Morgan fingerprint density at radius 3 is 2.59 bits per heavy atom. The van der Waals surface area contributed by atoms with Gasteiger partial charge in [0, 0.05) is 39.6 Å². The highest BCUT2D eigenvalue weighted by molar-refractivity contribution is 5.72. The lowest BCUT2D eigenvalue weighted by Gasteiger charge is -2.41. The molecule has 1 aromatic carbocycles. The number of benzene rings is 1. The lowest BCUT2D eigenvalue weighted by molar-refractivity contribution is -0.119. The van der Waals surface area contributed by atoms with Gasteiger partial charge in [-0.15, -0.1) is 0 Å². The molecule has 0 radical (unpaired) electrons. The second kappa shape index (κ2) is 8.88. The lowest BCUT2D eigenvalue weighted by atomic mass is 10.0. The smallest absolute Gasteiger partial charge is 0.216 e. The van der Waals surface area contributed by atoms with E-state index in [2.05, 4.69) is 15.1 Å². The highest BCUT2D eigenvalue weighted by Crippen LogP contribution is 2.31. The number of ether oxygens (including phenoxy) is 2. The molecule has 2 saturated heterocycles. The van der Waals surface area contributed by atoms with Crippen LogP contribution in [0.15, 0.2) is 24.3 Å². The Kier molecular flexibility index (Phi) is 6.54. The summed E-state index contributed by atoms with van der Waals surface area (Å²) < 4.78 is 11.3. The van der Waals surface area contributed by atoms with Gasteiger partial charge in [0.15, 0.2) is 0 Å². The molecule has 3 rings (SSSR count). The molecule has 0 bridgehead atoms. The van der Waals surface area contributed by atoms with Crippen LogP contribution in [-0.2, 0) is 9.53 Å². The molecular weight excluding hydrogens is 350 g/mol. The first-order valence-electron chi connectivity index (χ1n) is 9.36. The average molecular weight is 379 g/mol. The summed E-state index contributed by atoms with van der Waals surface area (Å²) in [5.41, 5.74) is 1.06. The van der Waals surface area contributed by atoms with Crippen LogP contribution >= 0.6 is 0 Å². The fourth-order valence-electron chi connectivity index (χ4n) is 3.99. The van der Waals surface area contributed by atoms with Gasteiger partial charge < -0.3 is 29.9 Å². The molecule has 0 saturated carbocycles. The molecule has 4 unspecified atom stereocenters. The maximum Gasteiger partial charge on any atom is 0.216 e. The third-order valence-corrected chi connectivity index (χ3v) is 5.36. The van der Waals surface area contributed by atoms with Crippen molar-refractivity contribution in [2.45, 2.75) is 31.3 Å². The van der Waals surface area contributed by atoms with Gasteiger partial charge >= 0.3 is 0 Å². The summed E-state index contributed by atoms with van der Waals surface area (Å²) in [7, 11) is 1.67. The predicted octanol–water partition coefficient (Wildman–Crippen LogP) is -0.557. The molecule has 8 nitrogen and oxygen atoms in total. The van der Waals surface area contributed by atoms with Crippen LogP contribution in [-0.4, -0.2) is 91.8 Å². The van der Waals surface area contributed by atoms with E-state index >= 15 is 0 Å². The fourth-order valence-corrected chi connectivity index (χ4v) is 3.99. The highest BCUT2D eigenvalue weighted by atomic mass is 16.5. The Bertz CT molecular complexity index is 636. The van der Waals surface area contributed by atoms with E-state index in [1.807, 2.05) is 24.3 Å². The number of hydrogen-bond donors (Lipinski definition) is 3. The molecule has 3 N–H and O–H groups in total. The SMILES string of the molecule is COc1ccccc1N1CCN(C2C(CNC(C)=O)OC(CO)C2O)CC1. The van der Waals surface area contributed by atoms with Gasteiger partial charge in [0.2, 0.25) is 5.91 Å². The third kappa shape index (κ3) is 4.35. The number of carbonyl (C=O) groups is 1. The minimum atomic E-state index is -0.786. The third-order valence-electron chi connectivity index (χ3n) is 5.36. The van der Waals surface area contributed by atoms with Gasteiger partial charge in [-0.2, -0.15) is 0 Å². The number of anilines is 1. The second-order valence-corrected chi connectivity index (χ2v) is 7.01. The van der Waals surface area contributed by atoms with E-state index in [4.69, 9.17) is 9.47 Å². The van der Waals surface area contributed by atoms with Gasteiger partial charge in [-0.3, -0.25) is 9.69 Å². The number of nitrogens with zero attached hydrogens (tertiary/aromatic N) is 2. The number of rotatable bonds is 6. The number of amides is 1. The zero-order valence-corrected chi connectivity index (χ0v) is 15.9. The van der Waals surface area contributed by atoms with Crippen LogP contribution in [0.1, 0.15) is 6.92 Å². The van der Waals surface area contributed by atoms with E-state index < -0.39 is 12.2 Å². The number of nitrogens with one attached hydrogen (secondary N) is 1. The van der Waals surface area contributed by atoms with Gasteiger partial charge in [-0.05, 0) is 12.1 Å². The number of aliphatic hydroxyl groups is 2. The van der Waals surface area contributed by atoms with Crippen molar-refractivity contribution in [1.29, 1.82) is 0 Å². The van der Waals surface area contributed by atoms with Gasteiger partial charge in [0.1, 0.15) is 18.0 Å². The Balaban J connectivity index is 1.66. The Labute approximate surface area is 159 Å². The normalized spacial score (nSPS) is 29.0. The van der Waals surface area contributed by atoms with E-state index in [9.17, 15) is 15.0 Å². The standard InChI is InChI=1S/C19H29N3O5/c1-13(24)20-11-16-18(19(25)17(12-23)27-16)22-9-7-21(8-10-22)14-5-3-4-6-15(14)26-2/h3-6,16-19,23,25H,7-12H2,1-2H3,(H,20,24). The summed E-state index contributed by atoms with van der Waals surface area (Å²) in [5, 5.41) is 22.9. The molecular formula is C19H29N3O5. The second-order valence-electron chi connectivity index (χ2n) is 7.01. The van der Waals surface area contributed by atoms with Crippen molar-refractivity contribution in [3.8, 4) is 5.75 Å². The molecule has 4 atom stereocenters. The number of aliphatic hydroxyl groups excluding tert-OH is 2. The van der Waals surface area contributed by atoms with Crippen LogP contribution in [0.2, 0.25) is 0 Å². The molecule has 27 heavy (non-hydrogen) atoms. The first kappa shape index (κ1) is 19.9. The van der Waals surface area contributed by atoms with E-state index in [0.29, 0.717) is 6.54 Å². The summed E-state index contributed by atoms with van der Waals surface area (Å²) in [6.45, 7) is 4.61. The van der Waals surface area contributed by atoms with Crippen LogP contribution in [0.5, 0.6) is 5.75 Å². The molecule has 8 heteroatoms. The Morgan fingerprint density at radius 2 is 1.96 bits per heavy atom. The molecule has 1 amide bonds. The minimum Gasteiger partial charge on any atom is -0.495 e. The predicted molar refractivity (Wildman–Crippen MR) is 101 cm³/mol. The molecule has 0 aromatic heterocycles. The molecule has 1 aromatic rings. The first-order chi connectivity index (χ1) is 13.0. The van der Waals surface area contributed by atoms with E-state index in [0.717, 1.165) is 37.6 Å². The molecule has 2 aliphatic heterocycles. The van der Waals surface area contributed by atoms with Gasteiger partial charge in [0.25, 0.3) is 0 Å². The first-order valence-corrected chi connectivity index (χ1v) is 9.36. The molecule has 2 aliphatic rings. The van der Waals surface area contributed by atoms with Gasteiger partial charge in [-0.25, -0.2) is 0 Å². The van der Waals surface area contributed by atoms with Crippen LogP contribution in [0.25, 0.3) is 0 Å². The number of para-hydroxylation sites is 2. The maximum absolute atomic E-state index is 11.3. The minimum absolute atomic E-state index is 0.139. The van der Waals surface area contributed by atoms with Crippen molar-refractivity contribution in [3.05, 3.63) is 24.3 Å². The number of carbonyl (C=O) groups excluding carboxylic acids is 1. The Hall–Kier alpha value is -1.87. The zero-order valence-electron chi connectivity index (χ0n) is 15.9. The molecule has 0 aliphatic carbocycles. The number of hydrogen-bond acceptors (Lipinski definition) is 7. The molecule has 0 spiro atoms. The summed E-state index contributed by atoms with van der Waals surface area (Å²) in [6, 6.07) is 7.68. The monoisotopic (exact) mass is 379 g/mol. The largest absolute Gasteiger partial charge is 0.495 e. The van der Waals surface area contributed by atoms with Crippen LogP contribution < -0.4 is 15.0 Å². The van der Waals surface area contributed by atoms with Gasteiger partial charge in [0.05, 0.1) is 31.5 Å². The van der Waals surface area contributed by atoms with Crippen molar-refractivity contribution in [2.24, 2.45) is 0 Å². The molecule has 150 valence electrons. The fraction of sp³-hybridized carbons (Fsp3) is 0.632.